The minimum Gasteiger partial charge on any atom is -0.340 e. The van der Waals surface area contributed by atoms with Crippen LogP contribution in [0.25, 0.3) is 0 Å². The third kappa shape index (κ3) is 6.89. The average molecular weight is 264 g/mol. The van der Waals surface area contributed by atoms with Crippen molar-refractivity contribution in [3.8, 4) is 0 Å². The van der Waals surface area contributed by atoms with Gasteiger partial charge in [0, 0.05) is 13.5 Å². The quantitative estimate of drug-likeness (QED) is 0.768. The summed E-state index contributed by atoms with van der Waals surface area (Å²) in [6.45, 7) is 6.43. The molecule has 0 heterocycles. The van der Waals surface area contributed by atoms with Crippen molar-refractivity contribution in [3.05, 3.63) is 0 Å². The summed E-state index contributed by atoms with van der Waals surface area (Å²) in [5.74, 6) is 0.118. The Balaban J connectivity index is 4.23. The van der Waals surface area contributed by atoms with Crippen LogP contribution in [0.4, 0.5) is 8.78 Å². The van der Waals surface area contributed by atoms with Gasteiger partial charge in [-0.3, -0.25) is 4.79 Å². The molecule has 0 saturated carbocycles. The molecule has 18 heavy (non-hydrogen) atoms. The molecule has 0 saturated heterocycles. The second-order valence-electron chi connectivity index (χ2n) is 5.84. The van der Waals surface area contributed by atoms with Crippen LogP contribution in [-0.4, -0.2) is 37.4 Å². The van der Waals surface area contributed by atoms with Crippen molar-refractivity contribution in [3.63, 3.8) is 0 Å². The highest BCUT2D eigenvalue weighted by Gasteiger charge is 2.25. The lowest BCUT2D eigenvalue weighted by Gasteiger charge is -2.31. The van der Waals surface area contributed by atoms with E-state index < -0.39 is 13.0 Å². The third-order valence-electron chi connectivity index (χ3n) is 3.28. The van der Waals surface area contributed by atoms with E-state index in [2.05, 4.69) is 20.8 Å². The molecule has 3 nitrogen and oxygen atoms in total. The van der Waals surface area contributed by atoms with Crippen LogP contribution in [0.3, 0.4) is 0 Å². The van der Waals surface area contributed by atoms with Crippen molar-refractivity contribution in [1.29, 1.82) is 0 Å². The molecule has 0 aliphatic carbocycles. The van der Waals surface area contributed by atoms with E-state index in [1.807, 2.05) is 0 Å². The first-order valence-corrected chi connectivity index (χ1v) is 6.40. The van der Waals surface area contributed by atoms with Crippen molar-refractivity contribution >= 4 is 5.91 Å². The van der Waals surface area contributed by atoms with E-state index in [-0.39, 0.29) is 11.3 Å². The van der Waals surface area contributed by atoms with Gasteiger partial charge < -0.3 is 10.6 Å². The van der Waals surface area contributed by atoms with E-state index in [4.69, 9.17) is 5.73 Å². The summed E-state index contributed by atoms with van der Waals surface area (Å²) in [5.41, 5.74) is 5.65. The molecule has 108 valence electrons. The van der Waals surface area contributed by atoms with Crippen LogP contribution in [0.1, 0.15) is 40.0 Å². The normalized spacial score (nSPS) is 13.8. The van der Waals surface area contributed by atoms with Gasteiger partial charge in [-0.25, -0.2) is 8.78 Å². The molecular weight excluding hydrogens is 238 g/mol. The SMILES string of the molecule is CN(CC(F)F)C(=O)CCC(CCN)C(C)(C)C. The number of carbonyl (C=O) groups is 1. The summed E-state index contributed by atoms with van der Waals surface area (Å²) in [6.07, 6.45) is -0.602. The molecule has 0 aromatic heterocycles. The number of hydrogen-bond acceptors (Lipinski definition) is 2. The van der Waals surface area contributed by atoms with Gasteiger partial charge >= 0.3 is 0 Å². The highest BCUT2D eigenvalue weighted by atomic mass is 19.3. The lowest BCUT2D eigenvalue weighted by molar-refractivity contribution is -0.132. The van der Waals surface area contributed by atoms with Crippen LogP contribution in [-0.2, 0) is 4.79 Å². The van der Waals surface area contributed by atoms with Crippen LogP contribution in [0, 0.1) is 11.3 Å². The zero-order valence-corrected chi connectivity index (χ0v) is 11.9. The minimum atomic E-state index is -2.47. The maximum Gasteiger partial charge on any atom is 0.255 e. The van der Waals surface area contributed by atoms with E-state index in [1.165, 1.54) is 7.05 Å². The fourth-order valence-electron chi connectivity index (χ4n) is 2.01. The topological polar surface area (TPSA) is 46.3 Å². The Hall–Kier alpha value is -0.710. The Morgan fingerprint density at radius 2 is 1.83 bits per heavy atom. The summed E-state index contributed by atoms with van der Waals surface area (Å²) >= 11 is 0. The Labute approximate surface area is 109 Å². The predicted molar refractivity (Wildman–Crippen MR) is 69.5 cm³/mol. The molecular formula is C13H26F2N2O. The molecule has 1 amide bonds. The maximum atomic E-state index is 12.1. The fourth-order valence-corrected chi connectivity index (χ4v) is 2.01. The number of alkyl halides is 2. The van der Waals surface area contributed by atoms with Crippen LogP contribution in [0.2, 0.25) is 0 Å². The van der Waals surface area contributed by atoms with Crippen molar-refractivity contribution in [2.45, 2.75) is 46.5 Å². The minimum absolute atomic E-state index is 0.0843. The standard InChI is InChI=1S/C13H26F2N2O/c1-13(2,3)10(7-8-16)5-6-12(18)17(4)9-11(14)15/h10-11H,5-9,16H2,1-4H3. The summed E-state index contributed by atoms with van der Waals surface area (Å²) in [5, 5.41) is 0. The van der Waals surface area contributed by atoms with Gasteiger partial charge in [-0.15, -0.1) is 0 Å². The van der Waals surface area contributed by atoms with Gasteiger partial charge in [0.2, 0.25) is 5.91 Å². The third-order valence-corrected chi connectivity index (χ3v) is 3.28. The summed E-state index contributed by atoms with van der Waals surface area (Å²) in [6, 6.07) is 0. The lowest BCUT2D eigenvalue weighted by atomic mass is 9.76. The molecule has 5 heteroatoms. The van der Waals surface area contributed by atoms with Gasteiger partial charge in [0.1, 0.15) is 0 Å². The maximum absolute atomic E-state index is 12.1. The van der Waals surface area contributed by atoms with Gasteiger partial charge in [0.05, 0.1) is 6.54 Å². The van der Waals surface area contributed by atoms with Crippen LogP contribution >= 0.6 is 0 Å². The number of hydrogen-bond donors (Lipinski definition) is 1. The number of carbonyl (C=O) groups excluding carboxylic acids is 1. The summed E-state index contributed by atoms with van der Waals surface area (Å²) < 4.78 is 24.3. The summed E-state index contributed by atoms with van der Waals surface area (Å²) in [7, 11) is 1.42. The molecule has 0 aliphatic heterocycles. The van der Waals surface area contributed by atoms with Gasteiger partial charge in [0.25, 0.3) is 6.43 Å². The van der Waals surface area contributed by atoms with Crippen LogP contribution < -0.4 is 5.73 Å². The van der Waals surface area contributed by atoms with Crippen LogP contribution in [0.15, 0.2) is 0 Å². The molecule has 0 rings (SSSR count). The number of amides is 1. The van der Waals surface area contributed by atoms with Crippen molar-refractivity contribution in [2.24, 2.45) is 17.1 Å². The molecule has 0 spiro atoms. The van der Waals surface area contributed by atoms with E-state index >= 15 is 0 Å². The Morgan fingerprint density at radius 1 is 1.28 bits per heavy atom. The number of nitrogens with zero attached hydrogens (tertiary/aromatic N) is 1. The zero-order chi connectivity index (χ0) is 14.3. The predicted octanol–water partition coefficient (Wildman–Crippen LogP) is 2.50. The first-order valence-electron chi connectivity index (χ1n) is 6.40. The molecule has 1 unspecified atom stereocenters. The van der Waals surface area contributed by atoms with Crippen LogP contribution in [0.5, 0.6) is 0 Å². The van der Waals surface area contributed by atoms with Gasteiger partial charge in [-0.2, -0.15) is 0 Å². The highest BCUT2D eigenvalue weighted by Crippen LogP contribution is 2.32. The number of rotatable bonds is 7. The van der Waals surface area contributed by atoms with E-state index in [9.17, 15) is 13.6 Å². The Kier molecular flexibility index (Phi) is 7.36. The Morgan fingerprint density at radius 3 is 2.22 bits per heavy atom. The van der Waals surface area contributed by atoms with Gasteiger partial charge in [-0.05, 0) is 30.7 Å². The first kappa shape index (κ1) is 17.3. The molecule has 0 aromatic rings. The molecule has 0 aliphatic rings. The number of nitrogens with two attached hydrogens (primary N) is 1. The average Bonchev–Trinajstić information content (AvgIpc) is 2.20. The molecule has 0 fully saturated rings. The van der Waals surface area contributed by atoms with E-state index in [0.29, 0.717) is 25.3 Å². The summed E-state index contributed by atoms with van der Waals surface area (Å²) in [4.78, 5) is 12.8. The van der Waals surface area contributed by atoms with E-state index in [1.54, 1.807) is 0 Å². The van der Waals surface area contributed by atoms with Gasteiger partial charge in [0.15, 0.2) is 0 Å². The van der Waals surface area contributed by atoms with Crippen molar-refractivity contribution in [2.75, 3.05) is 20.1 Å². The fraction of sp³-hybridized carbons (Fsp3) is 0.923. The highest BCUT2D eigenvalue weighted by molar-refractivity contribution is 5.75. The molecule has 0 aromatic carbocycles. The zero-order valence-electron chi connectivity index (χ0n) is 11.9. The molecule has 0 bridgehead atoms. The Bertz CT molecular complexity index is 252. The second-order valence-corrected chi connectivity index (χ2v) is 5.84. The number of halogens is 2. The molecule has 0 radical (unpaired) electrons. The second kappa shape index (κ2) is 7.67. The van der Waals surface area contributed by atoms with Crippen molar-refractivity contribution < 1.29 is 13.6 Å². The lowest BCUT2D eigenvalue weighted by Crippen LogP contribution is -2.32. The molecule has 1 atom stereocenters. The first-order chi connectivity index (χ1) is 8.18. The monoisotopic (exact) mass is 264 g/mol. The van der Waals surface area contributed by atoms with Crippen molar-refractivity contribution in [1.82, 2.24) is 4.90 Å². The van der Waals surface area contributed by atoms with E-state index in [0.717, 1.165) is 11.3 Å². The smallest absolute Gasteiger partial charge is 0.255 e. The van der Waals surface area contributed by atoms with Gasteiger partial charge in [-0.1, -0.05) is 20.8 Å². The molecule has 2 N–H and O–H groups in total. The largest absolute Gasteiger partial charge is 0.340 e.